The van der Waals surface area contributed by atoms with Crippen LogP contribution in [0.5, 0.6) is 0 Å². The highest BCUT2D eigenvalue weighted by Gasteiger charge is 2.25. The van der Waals surface area contributed by atoms with Crippen LogP contribution in [0.25, 0.3) is 0 Å². The van der Waals surface area contributed by atoms with Crippen molar-refractivity contribution in [3.8, 4) is 0 Å². The first-order valence-electron chi connectivity index (χ1n) is 6.86. The molecule has 2 rings (SSSR count). The highest BCUT2D eigenvalue weighted by atomic mass is 35.5. The summed E-state index contributed by atoms with van der Waals surface area (Å²) in [7, 11) is -3.57. The third-order valence-electron chi connectivity index (χ3n) is 3.52. The van der Waals surface area contributed by atoms with Crippen LogP contribution in [-0.2, 0) is 19.4 Å². The first-order chi connectivity index (χ1) is 10.3. The normalized spacial score (nSPS) is 19.2. The summed E-state index contributed by atoms with van der Waals surface area (Å²) in [5.41, 5.74) is 0. The van der Waals surface area contributed by atoms with Crippen LogP contribution in [0, 0.1) is 0 Å². The zero-order valence-corrected chi connectivity index (χ0v) is 14.4. The van der Waals surface area contributed by atoms with Gasteiger partial charge in [0.25, 0.3) is 0 Å². The molecule has 5 nitrogen and oxygen atoms in total. The molecule has 0 spiro atoms. The average molecular weight is 366 g/mol. The Morgan fingerprint density at radius 1 is 1.36 bits per heavy atom. The predicted octanol–water partition coefficient (Wildman–Crippen LogP) is 2.40. The van der Waals surface area contributed by atoms with Gasteiger partial charge < -0.3 is 9.64 Å². The maximum atomic E-state index is 12.3. The molecule has 8 heteroatoms. The van der Waals surface area contributed by atoms with Crippen molar-refractivity contribution >= 4 is 38.9 Å². The molecule has 0 bridgehead atoms. The van der Waals surface area contributed by atoms with Crippen molar-refractivity contribution in [1.29, 1.82) is 0 Å². The third-order valence-corrected chi connectivity index (χ3v) is 5.98. The highest BCUT2D eigenvalue weighted by Crippen LogP contribution is 2.25. The van der Waals surface area contributed by atoms with E-state index < -0.39 is 9.84 Å². The SMILES string of the molecule is CC1COCCN1C(=O)CCS(=O)(=O)c1ccc(Cl)c(Cl)c1. The number of nitrogens with zero attached hydrogens (tertiary/aromatic N) is 1. The quantitative estimate of drug-likeness (QED) is 0.821. The summed E-state index contributed by atoms with van der Waals surface area (Å²) in [6.07, 6.45) is -0.0626. The van der Waals surface area contributed by atoms with Crippen molar-refractivity contribution in [3.05, 3.63) is 28.2 Å². The lowest BCUT2D eigenvalue weighted by Crippen LogP contribution is -2.47. The molecule has 0 N–H and O–H groups in total. The number of halogens is 2. The number of amides is 1. The van der Waals surface area contributed by atoms with Crippen LogP contribution in [0.1, 0.15) is 13.3 Å². The Morgan fingerprint density at radius 3 is 2.73 bits per heavy atom. The first kappa shape index (κ1) is 17.5. The van der Waals surface area contributed by atoms with Gasteiger partial charge in [-0.15, -0.1) is 0 Å². The zero-order valence-electron chi connectivity index (χ0n) is 12.1. The second kappa shape index (κ2) is 7.17. The van der Waals surface area contributed by atoms with Gasteiger partial charge in [-0.2, -0.15) is 0 Å². The van der Waals surface area contributed by atoms with Crippen LogP contribution >= 0.6 is 23.2 Å². The monoisotopic (exact) mass is 365 g/mol. The molecule has 1 aromatic rings. The summed E-state index contributed by atoms with van der Waals surface area (Å²) in [5.74, 6) is -0.437. The smallest absolute Gasteiger partial charge is 0.224 e. The van der Waals surface area contributed by atoms with E-state index in [1.54, 1.807) is 4.90 Å². The highest BCUT2D eigenvalue weighted by molar-refractivity contribution is 7.91. The lowest BCUT2D eigenvalue weighted by molar-refractivity contribution is -0.138. The van der Waals surface area contributed by atoms with Gasteiger partial charge in [0.05, 0.1) is 39.9 Å². The number of morpholine rings is 1. The van der Waals surface area contributed by atoms with E-state index in [0.29, 0.717) is 24.8 Å². The lowest BCUT2D eigenvalue weighted by Gasteiger charge is -2.33. The van der Waals surface area contributed by atoms with E-state index in [9.17, 15) is 13.2 Å². The molecular weight excluding hydrogens is 349 g/mol. The molecule has 1 aliphatic heterocycles. The number of carbonyl (C=O) groups is 1. The molecule has 1 heterocycles. The van der Waals surface area contributed by atoms with Crippen molar-refractivity contribution in [2.24, 2.45) is 0 Å². The maximum Gasteiger partial charge on any atom is 0.224 e. The van der Waals surface area contributed by atoms with Crippen molar-refractivity contribution in [2.45, 2.75) is 24.3 Å². The van der Waals surface area contributed by atoms with Crippen LogP contribution in [0.4, 0.5) is 0 Å². The Kier molecular flexibility index (Phi) is 5.71. The van der Waals surface area contributed by atoms with Crippen LogP contribution in [-0.4, -0.2) is 50.8 Å². The fraction of sp³-hybridized carbons (Fsp3) is 0.500. The molecule has 1 atom stereocenters. The van der Waals surface area contributed by atoms with E-state index in [0.717, 1.165) is 0 Å². The Labute approximate surface area is 140 Å². The van der Waals surface area contributed by atoms with Gasteiger partial charge in [0.2, 0.25) is 5.91 Å². The fourth-order valence-electron chi connectivity index (χ4n) is 2.25. The summed E-state index contributed by atoms with van der Waals surface area (Å²) in [4.78, 5) is 13.9. The number of hydrogen-bond acceptors (Lipinski definition) is 4. The summed E-state index contributed by atoms with van der Waals surface area (Å²) in [5, 5.41) is 0.467. The van der Waals surface area contributed by atoms with Gasteiger partial charge in [-0.1, -0.05) is 23.2 Å². The van der Waals surface area contributed by atoms with Gasteiger partial charge in [-0.05, 0) is 25.1 Å². The van der Waals surface area contributed by atoms with Gasteiger partial charge in [0.1, 0.15) is 0 Å². The summed E-state index contributed by atoms with van der Waals surface area (Å²) < 4.78 is 29.8. The Bertz CT molecular complexity index is 663. The van der Waals surface area contributed by atoms with Crippen LogP contribution in [0.15, 0.2) is 23.1 Å². The van der Waals surface area contributed by atoms with Crippen LogP contribution < -0.4 is 0 Å². The van der Waals surface area contributed by atoms with E-state index in [-0.39, 0.29) is 34.0 Å². The molecule has 1 amide bonds. The number of benzene rings is 1. The molecule has 1 saturated heterocycles. The number of rotatable bonds is 4. The molecule has 0 aromatic heterocycles. The standard InChI is InChI=1S/C14H17Cl2NO4S/c1-10-9-21-6-5-17(10)14(18)4-7-22(19,20)11-2-3-12(15)13(16)8-11/h2-3,8,10H,4-7,9H2,1H3. The molecule has 1 unspecified atom stereocenters. The molecule has 1 aliphatic rings. The minimum absolute atomic E-state index is 0.0334. The third kappa shape index (κ3) is 4.13. The van der Waals surface area contributed by atoms with Crippen LogP contribution in [0.2, 0.25) is 10.0 Å². The average Bonchev–Trinajstić information content (AvgIpc) is 2.48. The topological polar surface area (TPSA) is 63.7 Å². The van der Waals surface area contributed by atoms with Gasteiger partial charge in [-0.3, -0.25) is 4.79 Å². The maximum absolute atomic E-state index is 12.3. The molecule has 0 aliphatic carbocycles. The minimum atomic E-state index is -3.57. The molecule has 122 valence electrons. The van der Waals surface area contributed by atoms with Gasteiger partial charge in [0, 0.05) is 13.0 Å². The van der Waals surface area contributed by atoms with Crippen molar-refractivity contribution in [3.63, 3.8) is 0 Å². The number of hydrogen-bond donors (Lipinski definition) is 0. The Morgan fingerprint density at radius 2 is 2.09 bits per heavy atom. The summed E-state index contributed by atoms with van der Waals surface area (Å²) >= 11 is 11.6. The van der Waals surface area contributed by atoms with E-state index >= 15 is 0 Å². The van der Waals surface area contributed by atoms with E-state index in [1.807, 2.05) is 6.92 Å². The summed E-state index contributed by atoms with van der Waals surface area (Å²) in [6, 6.07) is 4.10. The molecule has 1 aromatic carbocycles. The largest absolute Gasteiger partial charge is 0.377 e. The number of sulfone groups is 1. The number of ether oxygens (including phenoxy) is 1. The van der Waals surface area contributed by atoms with E-state index in [2.05, 4.69) is 0 Å². The number of carbonyl (C=O) groups excluding carboxylic acids is 1. The molecule has 0 radical (unpaired) electrons. The van der Waals surface area contributed by atoms with Gasteiger partial charge >= 0.3 is 0 Å². The predicted molar refractivity (Wildman–Crippen MR) is 85.1 cm³/mol. The minimum Gasteiger partial charge on any atom is -0.377 e. The molecule has 1 fully saturated rings. The van der Waals surface area contributed by atoms with Crippen molar-refractivity contribution < 1.29 is 17.9 Å². The Balaban J connectivity index is 2.03. The summed E-state index contributed by atoms with van der Waals surface area (Å²) in [6.45, 7) is 3.33. The first-order valence-corrected chi connectivity index (χ1v) is 9.27. The van der Waals surface area contributed by atoms with Gasteiger partial charge in [0.15, 0.2) is 9.84 Å². The molecule has 22 heavy (non-hydrogen) atoms. The van der Waals surface area contributed by atoms with Crippen molar-refractivity contribution in [2.75, 3.05) is 25.5 Å². The second-order valence-corrected chi connectivity index (χ2v) is 8.08. The second-order valence-electron chi connectivity index (χ2n) is 5.16. The molecule has 0 saturated carbocycles. The Hall–Kier alpha value is -0.820. The zero-order chi connectivity index (χ0) is 16.3. The van der Waals surface area contributed by atoms with Crippen molar-refractivity contribution in [1.82, 2.24) is 4.90 Å². The fourth-order valence-corrected chi connectivity index (χ4v) is 3.87. The van der Waals surface area contributed by atoms with E-state index in [4.69, 9.17) is 27.9 Å². The lowest BCUT2D eigenvalue weighted by atomic mass is 10.2. The van der Waals surface area contributed by atoms with Crippen LogP contribution in [0.3, 0.4) is 0 Å². The van der Waals surface area contributed by atoms with E-state index in [1.165, 1.54) is 18.2 Å². The van der Waals surface area contributed by atoms with Gasteiger partial charge in [-0.25, -0.2) is 8.42 Å². The molecular formula is C14H17Cl2NO4S.